The first kappa shape index (κ1) is 19.4. The molecule has 0 bridgehead atoms. The van der Waals surface area contributed by atoms with Crippen molar-refractivity contribution in [2.45, 2.75) is 30.6 Å². The summed E-state index contributed by atoms with van der Waals surface area (Å²) in [5, 5.41) is 0. The number of hydrogen-bond acceptors (Lipinski definition) is 4. The number of aryl methyl sites for hydroxylation is 2. The first-order valence-corrected chi connectivity index (χ1v) is 11.6. The Kier molecular flexibility index (Phi) is 5.99. The summed E-state index contributed by atoms with van der Waals surface area (Å²) in [5.74, 6) is 0. The molecule has 0 radical (unpaired) electrons. The van der Waals surface area contributed by atoms with Gasteiger partial charge in [-0.3, -0.25) is 9.21 Å². The zero-order chi connectivity index (χ0) is 19.4. The fraction of sp³-hybridized carbons (Fsp3) is 0.455. The minimum atomic E-state index is -3.61. The predicted molar refractivity (Wildman–Crippen MR) is 111 cm³/mol. The summed E-state index contributed by atoms with van der Waals surface area (Å²) in [4.78, 5) is 2.67. The summed E-state index contributed by atoms with van der Waals surface area (Å²) < 4.78 is 34.1. The number of benzene rings is 2. The van der Waals surface area contributed by atoms with Crippen molar-refractivity contribution in [2.75, 3.05) is 43.7 Å². The smallest absolute Gasteiger partial charge is 0.264 e. The van der Waals surface area contributed by atoms with Gasteiger partial charge in [-0.05, 0) is 61.1 Å². The van der Waals surface area contributed by atoms with Crippen LogP contribution in [0, 0.1) is 0 Å². The minimum Gasteiger partial charge on any atom is -0.379 e. The summed E-state index contributed by atoms with van der Waals surface area (Å²) in [7, 11) is -3.61. The maximum Gasteiger partial charge on any atom is 0.264 e. The van der Waals surface area contributed by atoms with Crippen molar-refractivity contribution in [3.05, 3.63) is 59.7 Å². The van der Waals surface area contributed by atoms with Crippen LogP contribution in [-0.2, 0) is 27.6 Å². The lowest BCUT2D eigenvalue weighted by Gasteiger charge is -2.31. The quantitative estimate of drug-likeness (QED) is 0.748. The van der Waals surface area contributed by atoms with Crippen molar-refractivity contribution in [2.24, 2.45) is 0 Å². The van der Waals surface area contributed by atoms with E-state index >= 15 is 0 Å². The highest BCUT2D eigenvalue weighted by atomic mass is 32.2. The van der Waals surface area contributed by atoms with Crippen LogP contribution < -0.4 is 4.31 Å². The Morgan fingerprint density at radius 2 is 1.64 bits per heavy atom. The Balaban J connectivity index is 1.62. The van der Waals surface area contributed by atoms with Gasteiger partial charge in [0, 0.05) is 26.2 Å². The molecule has 5 nitrogen and oxygen atoms in total. The largest absolute Gasteiger partial charge is 0.379 e. The molecule has 1 aliphatic carbocycles. The second-order valence-electron chi connectivity index (χ2n) is 7.50. The van der Waals surface area contributed by atoms with Crippen molar-refractivity contribution < 1.29 is 13.2 Å². The number of hydrogen-bond donors (Lipinski definition) is 0. The molecular weight excluding hydrogens is 372 g/mol. The van der Waals surface area contributed by atoms with Crippen LogP contribution in [-0.4, -0.2) is 52.7 Å². The Morgan fingerprint density at radius 3 is 2.39 bits per heavy atom. The van der Waals surface area contributed by atoms with E-state index in [2.05, 4.69) is 4.90 Å². The molecule has 1 fully saturated rings. The third-order valence-electron chi connectivity index (χ3n) is 5.68. The molecule has 150 valence electrons. The lowest BCUT2D eigenvalue weighted by atomic mass is 9.92. The molecular formula is C22H28N2O3S. The van der Waals surface area contributed by atoms with E-state index in [9.17, 15) is 8.42 Å². The van der Waals surface area contributed by atoms with Crippen LogP contribution in [0.15, 0.2) is 53.4 Å². The van der Waals surface area contributed by atoms with E-state index in [1.807, 2.05) is 42.5 Å². The molecule has 2 aromatic rings. The first-order chi connectivity index (χ1) is 13.6. The molecule has 0 atom stereocenters. The van der Waals surface area contributed by atoms with Gasteiger partial charge in [0.05, 0.1) is 23.8 Å². The highest BCUT2D eigenvalue weighted by Gasteiger charge is 2.27. The zero-order valence-electron chi connectivity index (χ0n) is 16.2. The van der Waals surface area contributed by atoms with E-state index < -0.39 is 10.0 Å². The van der Waals surface area contributed by atoms with Gasteiger partial charge >= 0.3 is 0 Å². The summed E-state index contributed by atoms with van der Waals surface area (Å²) in [6.45, 7) is 4.25. The molecule has 2 aliphatic rings. The van der Waals surface area contributed by atoms with Gasteiger partial charge in [0.2, 0.25) is 0 Å². The molecule has 0 unspecified atom stereocenters. The van der Waals surface area contributed by atoms with E-state index in [-0.39, 0.29) is 0 Å². The molecule has 0 N–H and O–H groups in total. The van der Waals surface area contributed by atoms with E-state index in [0.29, 0.717) is 36.9 Å². The predicted octanol–water partition coefficient (Wildman–Crippen LogP) is 3.09. The normalized spacial score (nSPS) is 17.9. The van der Waals surface area contributed by atoms with Crippen molar-refractivity contribution >= 4 is 15.7 Å². The van der Waals surface area contributed by atoms with Gasteiger partial charge in [0.1, 0.15) is 0 Å². The summed E-state index contributed by atoms with van der Waals surface area (Å²) in [5.41, 5.74) is 3.20. The molecule has 0 spiro atoms. The Bertz CT molecular complexity index is 893. The fourth-order valence-corrected chi connectivity index (χ4v) is 5.54. The third-order valence-corrected chi connectivity index (χ3v) is 7.50. The average Bonchev–Trinajstić information content (AvgIpc) is 2.75. The monoisotopic (exact) mass is 400 g/mol. The van der Waals surface area contributed by atoms with Gasteiger partial charge in [-0.2, -0.15) is 0 Å². The van der Waals surface area contributed by atoms with E-state index in [1.54, 1.807) is 10.4 Å². The number of fused-ring (bicyclic) bond motifs is 1. The van der Waals surface area contributed by atoms with Gasteiger partial charge in [-0.1, -0.05) is 24.3 Å². The van der Waals surface area contributed by atoms with Gasteiger partial charge in [0.25, 0.3) is 10.0 Å². The highest BCUT2D eigenvalue weighted by molar-refractivity contribution is 7.92. The first-order valence-electron chi connectivity index (χ1n) is 10.1. The summed E-state index contributed by atoms with van der Waals surface area (Å²) in [6, 6.07) is 15.1. The van der Waals surface area contributed by atoms with Crippen molar-refractivity contribution in [1.29, 1.82) is 0 Å². The molecule has 0 amide bonds. The standard InChI is InChI=1S/C22H28N2O3S/c25-28(26,22-11-10-19-6-4-5-7-20(19)18-22)24(21-8-2-1-3-9-21)13-12-23-14-16-27-17-15-23/h1-3,8-11,18H,4-7,12-17H2. The Hall–Kier alpha value is -1.89. The lowest BCUT2D eigenvalue weighted by molar-refractivity contribution is 0.0395. The number of rotatable bonds is 6. The zero-order valence-corrected chi connectivity index (χ0v) is 17.0. The topological polar surface area (TPSA) is 49.9 Å². The molecule has 0 saturated carbocycles. The van der Waals surface area contributed by atoms with E-state index in [0.717, 1.165) is 32.4 Å². The fourth-order valence-electron chi connectivity index (χ4n) is 4.04. The minimum absolute atomic E-state index is 0.402. The molecule has 2 aromatic carbocycles. The summed E-state index contributed by atoms with van der Waals surface area (Å²) >= 11 is 0. The van der Waals surface area contributed by atoms with E-state index in [1.165, 1.54) is 17.5 Å². The maximum atomic E-state index is 13.6. The van der Waals surface area contributed by atoms with Crippen molar-refractivity contribution in [1.82, 2.24) is 4.90 Å². The molecule has 28 heavy (non-hydrogen) atoms. The van der Waals surface area contributed by atoms with Crippen LogP contribution in [0.1, 0.15) is 24.0 Å². The molecule has 1 saturated heterocycles. The number of nitrogens with zero attached hydrogens (tertiary/aromatic N) is 2. The SMILES string of the molecule is O=S(=O)(c1ccc2c(c1)CCCC2)N(CCN1CCOCC1)c1ccccc1. The van der Waals surface area contributed by atoms with Gasteiger partial charge in [-0.15, -0.1) is 0 Å². The average molecular weight is 401 g/mol. The number of anilines is 1. The lowest BCUT2D eigenvalue weighted by Crippen LogP contribution is -2.43. The Morgan fingerprint density at radius 1 is 0.929 bits per heavy atom. The Labute approximate surface area is 168 Å². The van der Waals surface area contributed by atoms with E-state index in [4.69, 9.17) is 4.74 Å². The van der Waals surface area contributed by atoms with Crippen LogP contribution in [0.2, 0.25) is 0 Å². The van der Waals surface area contributed by atoms with Crippen LogP contribution in [0.5, 0.6) is 0 Å². The van der Waals surface area contributed by atoms with Gasteiger partial charge in [-0.25, -0.2) is 8.42 Å². The number of ether oxygens (including phenoxy) is 1. The van der Waals surface area contributed by atoms with Crippen LogP contribution >= 0.6 is 0 Å². The number of sulfonamides is 1. The van der Waals surface area contributed by atoms with Gasteiger partial charge in [0.15, 0.2) is 0 Å². The molecule has 6 heteroatoms. The number of para-hydroxylation sites is 1. The van der Waals surface area contributed by atoms with Gasteiger partial charge < -0.3 is 4.74 Å². The van der Waals surface area contributed by atoms with Crippen molar-refractivity contribution in [3.63, 3.8) is 0 Å². The van der Waals surface area contributed by atoms with Crippen LogP contribution in [0.4, 0.5) is 5.69 Å². The molecule has 0 aromatic heterocycles. The molecule has 1 heterocycles. The highest BCUT2D eigenvalue weighted by Crippen LogP contribution is 2.28. The van der Waals surface area contributed by atoms with Crippen LogP contribution in [0.3, 0.4) is 0 Å². The maximum absolute atomic E-state index is 13.6. The van der Waals surface area contributed by atoms with Crippen LogP contribution in [0.25, 0.3) is 0 Å². The third kappa shape index (κ3) is 4.24. The summed E-state index contributed by atoms with van der Waals surface area (Å²) in [6.07, 6.45) is 4.34. The molecule has 4 rings (SSSR count). The second kappa shape index (κ2) is 8.64. The second-order valence-corrected chi connectivity index (χ2v) is 9.37. The molecule has 1 aliphatic heterocycles. The number of morpholine rings is 1. The van der Waals surface area contributed by atoms with Crippen molar-refractivity contribution in [3.8, 4) is 0 Å².